The molecule has 0 aliphatic carbocycles. The maximum Gasteiger partial charge on any atom is 0.233 e. The van der Waals surface area contributed by atoms with Crippen LogP contribution in [0.15, 0.2) is 78.9 Å². The van der Waals surface area contributed by atoms with Crippen LogP contribution in [0.2, 0.25) is 0 Å². The van der Waals surface area contributed by atoms with Crippen molar-refractivity contribution in [1.29, 1.82) is 0 Å². The van der Waals surface area contributed by atoms with Crippen molar-refractivity contribution < 1.29 is 9.84 Å². The normalized spacial score (nSPS) is 10.7. The van der Waals surface area contributed by atoms with Crippen molar-refractivity contribution in [3.8, 4) is 5.75 Å². The summed E-state index contributed by atoms with van der Waals surface area (Å²) in [6.45, 7) is 3.55. The van der Waals surface area contributed by atoms with Gasteiger partial charge in [-0.05, 0) is 47.5 Å². The Morgan fingerprint density at radius 2 is 1.24 bits per heavy atom. The molecule has 192 valence electrons. The van der Waals surface area contributed by atoms with Crippen LogP contribution >= 0.6 is 0 Å². The van der Waals surface area contributed by atoms with Crippen LogP contribution in [0.3, 0.4) is 0 Å². The number of nitrogens with two attached hydrogens (primary N) is 1. The van der Waals surface area contributed by atoms with Crippen LogP contribution in [-0.2, 0) is 17.8 Å². The fourth-order valence-electron chi connectivity index (χ4n) is 3.44. The average molecular weight is 501 g/mol. The van der Waals surface area contributed by atoms with Gasteiger partial charge in [0.05, 0.1) is 13.2 Å². The Morgan fingerprint density at radius 1 is 0.676 bits per heavy atom. The maximum atomic E-state index is 9.54. The highest BCUT2D eigenvalue weighted by Crippen LogP contribution is 2.20. The summed E-state index contributed by atoms with van der Waals surface area (Å²) >= 11 is 0. The average Bonchev–Trinajstić information content (AvgIpc) is 2.91. The summed E-state index contributed by atoms with van der Waals surface area (Å²) < 4.78 is 5.41. The second kappa shape index (κ2) is 13.7. The van der Waals surface area contributed by atoms with E-state index in [1.165, 1.54) is 11.1 Å². The molecule has 0 amide bonds. The first-order valence-corrected chi connectivity index (χ1v) is 12.1. The quantitative estimate of drug-likeness (QED) is 0.112. The zero-order chi connectivity index (χ0) is 25.7. The molecule has 1 heterocycles. The zero-order valence-electron chi connectivity index (χ0n) is 20.5. The van der Waals surface area contributed by atoms with Gasteiger partial charge in [0, 0.05) is 37.6 Å². The van der Waals surface area contributed by atoms with E-state index in [0.717, 1.165) is 24.5 Å². The van der Waals surface area contributed by atoms with Crippen LogP contribution < -0.4 is 27.0 Å². The lowest BCUT2D eigenvalue weighted by Crippen LogP contribution is -2.16. The monoisotopic (exact) mass is 500 g/mol. The summed E-state index contributed by atoms with van der Waals surface area (Å²) in [4.78, 5) is 13.4. The Kier molecular flexibility index (Phi) is 9.59. The third-order valence-corrected chi connectivity index (χ3v) is 5.26. The molecule has 0 unspecified atom stereocenters. The number of aromatic hydroxyl groups is 1. The lowest BCUT2D eigenvalue weighted by atomic mass is 10.2. The molecule has 0 spiro atoms. The Balaban J connectivity index is 1.40. The fraction of sp³-hybridized carbons (Fsp3) is 0.222. The van der Waals surface area contributed by atoms with Crippen molar-refractivity contribution in [2.75, 3.05) is 42.3 Å². The van der Waals surface area contributed by atoms with E-state index >= 15 is 0 Å². The van der Waals surface area contributed by atoms with Crippen LogP contribution in [0.25, 0.3) is 0 Å². The lowest BCUT2D eigenvalue weighted by Gasteiger charge is -2.12. The zero-order valence-corrected chi connectivity index (χ0v) is 20.5. The minimum absolute atomic E-state index is 0.182. The highest BCUT2D eigenvalue weighted by molar-refractivity contribution is 5.59. The molecule has 3 aromatic carbocycles. The first-order chi connectivity index (χ1) is 18.2. The fourth-order valence-corrected chi connectivity index (χ4v) is 3.44. The lowest BCUT2D eigenvalue weighted by molar-refractivity contribution is 0.151. The maximum absolute atomic E-state index is 9.54. The summed E-state index contributed by atoms with van der Waals surface area (Å²) in [6.07, 6.45) is 0. The molecule has 0 fully saturated rings. The summed E-state index contributed by atoms with van der Waals surface area (Å²) in [7, 11) is 0. The van der Waals surface area contributed by atoms with E-state index in [-0.39, 0.29) is 5.75 Å². The molecule has 0 atom stereocenters. The molecule has 0 saturated heterocycles. The van der Waals surface area contributed by atoms with E-state index in [9.17, 15) is 5.11 Å². The third kappa shape index (κ3) is 8.73. The standard InChI is InChI=1S/C27H32N8O2/c28-14-16-37-17-15-30-25-33-26(35-27(34-25)32-23-10-12-24(36)13-11-23)31-22-8-6-21(7-9-22)19-29-18-20-4-2-1-3-5-20/h1-13,29,36H,14-19,28H2,(H3,30,31,32,33,34,35). The minimum Gasteiger partial charge on any atom is -0.508 e. The van der Waals surface area contributed by atoms with Crippen molar-refractivity contribution in [3.05, 3.63) is 90.0 Å². The van der Waals surface area contributed by atoms with Crippen molar-refractivity contribution >= 4 is 29.2 Å². The molecule has 0 saturated carbocycles. The number of hydrogen-bond donors (Lipinski definition) is 6. The summed E-state index contributed by atoms with van der Waals surface area (Å²) in [6, 6.07) is 25.1. The number of benzene rings is 3. The number of nitrogens with zero attached hydrogens (tertiary/aromatic N) is 3. The molecule has 4 rings (SSSR count). The van der Waals surface area contributed by atoms with E-state index in [0.29, 0.717) is 44.1 Å². The molecule has 0 aliphatic rings. The number of ether oxygens (including phenoxy) is 1. The predicted octanol–water partition coefficient (Wildman–Crippen LogP) is 3.74. The molecular weight excluding hydrogens is 468 g/mol. The molecule has 4 aromatic rings. The molecule has 0 bridgehead atoms. The van der Waals surface area contributed by atoms with Crippen LogP contribution in [0.1, 0.15) is 11.1 Å². The summed E-state index contributed by atoms with van der Waals surface area (Å²) in [5, 5.41) is 22.5. The van der Waals surface area contributed by atoms with Gasteiger partial charge in [0.2, 0.25) is 17.8 Å². The van der Waals surface area contributed by atoms with Crippen LogP contribution in [-0.4, -0.2) is 46.4 Å². The Bertz CT molecular complexity index is 1220. The molecule has 10 heteroatoms. The van der Waals surface area contributed by atoms with Gasteiger partial charge in [-0.3, -0.25) is 0 Å². The first kappa shape index (κ1) is 25.8. The van der Waals surface area contributed by atoms with Gasteiger partial charge in [-0.1, -0.05) is 42.5 Å². The van der Waals surface area contributed by atoms with Gasteiger partial charge in [-0.25, -0.2) is 0 Å². The molecular formula is C27H32N8O2. The predicted molar refractivity (Wildman–Crippen MR) is 146 cm³/mol. The second-order valence-corrected chi connectivity index (χ2v) is 8.22. The van der Waals surface area contributed by atoms with Crippen LogP contribution in [0.5, 0.6) is 5.75 Å². The van der Waals surface area contributed by atoms with Gasteiger partial charge in [0.25, 0.3) is 0 Å². The highest BCUT2D eigenvalue weighted by Gasteiger charge is 2.08. The van der Waals surface area contributed by atoms with Gasteiger partial charge in [-0.2, -0.15) is 15.0 Å². The van der Waals surface area contributed by atoms with E-state index in [4.69, 9.17) is 10.5 Å². The van der Waals surface area contributed by atoms with Gasteiger partial charge in [0.15, 0.2) is 0 Å². The second-order valence-electron chi connectivity index (χ2n) is 8.22. The number of aromatic nitrogens is 3. The summed E-state index contributed by atoms with van der Waals surface area (Å²) in [5.41, 5.74) is 9.47. The Morgan fingerprint density at radius 3 is 1.86 bits per heavy atom. The SMILES string of the molecule is NCCOCCNc1nc(Nc2ccc(O)cc2)nc(Nc2ccc(CNCc3ccccc3)cc2)n1. The van der Waals surface area contributed by atoms with Crippen molar-refractivity contribution in [2.45, 2.75) is 13.1 Å². The van der Waals surface area contributed by atoms with E-state index in [1.807, 2.05) is 30.3 Å². The first-order valence-electron chi connectivity index (χ1n) is 12.1. The smallest absolute Gasteiger partial charge is 0.233 e. The van der Waals surface area contributed by atoms with Crippen molar-refractivity contribution in [2.24, 2.45) is 5.73 Å². The van der Waals surface area contributed by atoms with E-state index < -0.39 is 0 Å². The number of anilines is 5. The number of nitrogens with one attached hydrogen (secondary N) is 4. The van der Waals surface area contributed by atoms with E-state index in [2.05, 4.69) is 60.5 Å². The van der Waals surface area contributed by atoms with Crippen LogP contribution in [0, 0.1) is 0 Å². The van der Waals surface area contributed by atoms with Gasteiger partial charge in [-0.15, -0.1) is 0 Å². The van der Waals surface area contributed by atoms with Gasteiger partial charge >= 0.3 is 0 Å². The van der Waals surface area contributed by atoms with Gasteiger partial charge < -0.3 is 36.8 Å². The third-order valence-electron chi connectivity index (χ3n) is 5.26. The number of phenols is 1. The minimum atomic E-state index is 0.182. The Hall–Kier alpha value is -4.25. The van der Waals surface area contributed by atoms with E-state index in [1.54, 1.807) is 24.3 Å². The summed E-state index contributed by atoms with van der Waals surface area (Å²) in [5.74, 6) is 1.32. The molecule has 7 N–H and O–H groups in total. The molecule has 0 radical (unpaired) electrons. The molecule has 37 heavy (non-hydrogen) atoms. The van der Waals surface area contributed by atoms with Crippen molar-refractivity contribution in [1.82, 2.24) is 20.3 Å². The number of rotatable bonds is 14. The van der Waals surface area contributed by atoms with Crippen molar-refractivity contribution in [3.63, 3.8) is 0 Å². The molecule has 10 nitrogen and oxygen atoms in total. The molecule has 1 aromatic heterocycles. The number of phenolic OH excluding ortho intramolecular Hbond substituents is 1. The molecule has 0 aliphatic heterocycles. The topological polar surface area (TPSA) is 142 Å². The van der Waals surface area contributed by atoms with Gasteiger partial charge in [0.1, 0.15) is 5.75 Å². The highest BCUT2D eigenvalue weighted by atomic mass is 16.5. The van der Waals surface area contributed by atoms with Crippen LogP contribution in [0.4, 0.5) is 29.2 Å². The Labute approximate surface area is 216 Å². The largest absolute Gasteiger partial charge is 0.508 e. The number of hydrogen-bond acceptors (Lipinski definition) is 10.